The highest BCUT2D eigenvalue weighted by atomic mass is 35.6. The molecule has 0 saturated heterocycles. The van der Waals surface area contributed by atoms with Crippen molar-refractivity contribution in [1.29, 1.82) is 0 Å². The summed E-state index contributed by atoms with van der Waals surface area (Å²) < 4.78 is 45.7. The van der Waals surface area contributed by atoms with Crippen LogP contribution in [0.15, 0.2) is 97.1 Å². The zero-order chi connectivity index (χ0) is 46.9. The monoisotopic (exact) mass is 940 g/mol. The maximum Gasteiger partial charge on any atom is 0.490 e. The molecule has 13 nitrogen and oxygen atoms in total. The SMILES string of the molecule is CCO.CC[C@H](NC(=O)OCC1c2ccccc2-c2ccccc21)C(=O)O.CC[C@H](NC(=O)OCC1c2ccccc2-c2ccccc21)C(=O)OCC(Cl)(Cl)Cl.O=C(O)C(F)(F)F. The number of aliphatic hydroxyl groups is 1. The number of amides is 2. The van der Waals surface area contributed by atoms with Crippen LogP contribution in [0.4, 0.5) is 22.8 Å². The van der Waals surface area contributed by atoms with Gasteiger partial charge in [-0.15, -0.1) is 0 Å². The predicted molar refractivity (Wildman–Crippen MR) is 230 cm³/mol. The highest BCUT2D eigenvalue weighted by Crippen LogP contribution is 2.45. The number of halogens is 6. The third-order valence-corrected chi connectivity index (χ3v) is 9.62. The first-order chi connectivity index (χ1) is 29.8. The largest absolute Gasteiger partial charge is 0.490 e. The summed E-state index contributed by atoms with van der Waals surface area (Å²) in [6, 6.07) is 30.4. The van der Waals surface area contributed by atoms with Gasteiger partial charge in [-0.25, -0.2) is 24.0 Å². The summed E-state index contributed by atoms with van der Waals surface area (Å²) in [4.78, 5) is 56.1. The average molecular weight is 942 g/mol. The van der Waals surface area contributed by atoms with Crippen molar-refractivity contribution in [3.63, 3.8) is 0 Å². The predicted octanol–water partition coefficient (Wildman–Crippen LogP) is 9.24. The minimum atomic E-state index is -5.08. The molecule has 0 unspecified atom stereocenters. The average Bonchev–Trinajstić information content (AvgIpc) is 3.74. The van der Waals surface area contributed by atoms with Crippen molar-refractivity contribution in [2.75, 3.05) is 26.4 Å². The lowest BCUT2D eigenvalue weighted by Gasteiger charge is -2.19. The Bertz CT molecular complexity index is 2100. The lowest BCUT2D eigenvalue weighted by molar-refractivity contribution is -0.192. The van der Waals surface area contributed by atoms with Gasteiger partial charge in [0.05, 0.1) is 0 Å². The van der Waals surface area contributed by atoms with Crippen LogP contribution in [0.2, 0.25) is 0 Å². The van der Waals surface area contributed by atoms with E-state index in [0.717, 1.165) is 44.5 Å². The van der Waals surface area contributed by atoms with Gasteiger partial charge in [0.1, 0.15) is 31.9 Å². The maximum atomic E-state index is 12.3. The minimum absolute atomic E-state index is 0.0342. The summed E-state index contributed by atoms with van der Waals surface area (Å²) in [6.07, 6.45) is -5.88. The molecule has 19 heteroatoms. The van der Waals surface area contributed by atoms with Gasteiger partial charge in [0.2, 0.25) is 3.79 Å². The normalized spacial score (nSPS) is 13.2. The van der Waals surface area contributed by atoms with E-state index in [0.29, 0.717) is 12.8 Å². The highest BCUT2D eigenvalue weighted by molar-refractivity contribution is 6.67. The first-order valence-electron chi connectivity index (χ1n) is 19.4. The number of nitrogens with one attached hydrogen (secondary N) is 2. The molecule has 6 rings (SSSR count). The number of aliphatic carboxylic acids is 2. The van der Waals surface area contributed by atoms with E-state index in [4.69, 9.17) is 69.1 Å². The molecule has 2 amide bonds. The van der Waals surface area contributed by atoms with Crippen molar-refractivity contribution >= 4 is 64.9 Å². The van der Waals surface area contributed by atoms with Crippen LogP contribution in [-0.4, -0.2) is 93.9 Å². The van der Waals surface area contributed by atoms with Gasteiger partial charge in [-0.2, -0.15) is 13.2 Å². The fourth-order valence-corrected chi connectivity index (χ4v) is 6.65. The topological polar surface area (TPSA) is 198 Å². The number of carboxylic acid groups (broad SMARTS) is 2. The maximum absolute atomic E-state index is 12.3. The van der Waals surface area contributed by atoms with Crippen LogP contribution in [0.25, 0.3) is 22.3 Å². The van der Waals surface area contributed by atoms with E-state index in [1.807, 2.05) is 72.8 Å². The number of carbonyl (C=O) groups excluding carboxylic acids is 3. The summed E-state index contributed by atoms with van der Waals surface area (Å²) >= 11 is 16.7. The Labute approximate surface area is 376 Å². The number of rotatable bonds is 11. The number of ether oxygens (including phenoxy) is 3. The van der Waals surface area contributed by atoms with Crippen LogP contribution in [0.5, 0.6) is 0 Å². The second-order valence-electron chi connectivity index (χ2n) is 13.5. The Balaban J connectivity index is 0.000000279. The smallest absolute Gasteiger partial charge is 0.480 e. The molecule has 0 fully saturated rings. The summed E-state index contributed by atoms with van der Waals surface area (Å²) in [5.74, 6) is -4.61. The number of aliphatic hydroxyl groups excluding tert-OH is 1. The van der Waals surface area contributed by atoms with Gasteiger partial charge < -0.3 is 40.2 Å². The number of hydrogen-bond donors (Lipinski definition) is 5. The van der Waals surface area contributed by atoms with Crippen molar-refractivity contribution in [1.82, 2.24) is 10.6 Å². The van der Waals surface area contributed by atoms with E-state index >= 15 is 0 Å². The van der Waals surface area contributed by atoms with E-state index in [9.17, 15) is 32.3 Å². The number of carbonyl (C=O) groups is 5. The van der Waals surface area contributed by atoms with Crippen molar-refractivity contribution in [2.24, 2.45) is 0 Å². The first kappa shape index (κ1) is 51.8. The van der Waals surface area contributed by atoms with Gasteiger partial charge in [-0.3, -0.25) is 0 Å². The van der Waals surface area contributed by atoms with Crippen LogP contribution < -0.4 is 10.6 Å². The molecule has 0 bridgehead atoms. The number of carboxylic acids is 2. The summed E-state index contributed by atoms with van der Waals surface area (Å²) in [5, 5.41) is 28.6. The third-order valence-electron chi connectivity index (χ3n) is 9.29. The fraction of sp³-hybridized carbons (Fsp3) is 0.341. The van der Waals surface area contributed by atoms with Crippen molar-refractivity contribution in [2.45, 2.75) is 67.5 Å². The zero-order valence-corrected chi connectivity index (χ0v) is 36.4. The molecule has 2 aliphatic carbocycles. The fourth-order valence-electron chi connectivity index (χ4n) is 6.48. The Kier molecular flexibility index (Phi) is 20.0. The molecule has 0 heterocycles. The zero-order valence-electron chi connectivity index (χ0n) is 34.2. The molecule has 63 heavy (non-hydrogen) atoms. The van der Waals surface area contributed by atoms with Crippen LogP contribution in [0.3, 0.4) is 0 Å². The van der Waals surface area contributed by atoms with Crippen LogP contribution in [-0.2, 0) is 28.6 Å². The number of fused-ring (bicyclic) bond motifs is 6. The van der Waals surface area contributed by atoms with Gasteiger partial charge in [0.25, 0.3) is 0 Å². The van der Waals surface area contributed by atoms with E-state index in [2.05, 4.69) is 34.9 Å². The molecule has 4 aromatic carbocycles. The van der Waals surface area contributed by atoms with Gasteiger partial charge in [-0.05, 0) is 64.3 Å². The van der Waals surface area contributed by atoms with Gasteiger partial charge in [0.15, 0.2) is 0 Å². The molecule has 0 saturated carbocycles. The van der Waals surface area contributed by atoms with Crippen LogP contribution in [0.1, 0.15) is 67.7 Å². The quantitative estimate of drug-likeness (QED) is 0.0546. The summed E-state index contributed by atoms with van der Waals surface area (Å²) in [6.45, 7) is 5.28. The van der Waals surface area contributed by atoms with Crippen molar-refractivity contribution < 1.29 is 66.7 Å². The Morgan fingerprint density at radius 1 is 0.603 bits per heavy atom. The lowest BCUT2D eigenvalue weighted by atomic mass is 9.98. The molecule has 0 radical (unpaired) electrons. The molecule has 0 aromatic heterocycles. The van der Waals surface area contributed by atoms with E-state index in [1.165, 1.54) is 0 Å². The van der Waals surface area contributed by atoms with Crippen LogP contribution >= 0.6 is 34.8 Å². The summed E-state index contributed by atoms with van der Waals surface area (Å²) in [7, 11) is 0. The second-order valence-corrected chi connectivity index (χ2v) is 16.1. The van der Waals surface area contributed by atoms with E-state index in [1.54, 1.807) is 20.8 Å². The molecular weight excluding hydrogens is 896 g/mol. The molecule has 2 atom stereocenters. The van der Waals surface area contributed by atoms with Gasteiger partial charge >= 0.3 is 36.3 Å². The Morgan fingerprint density at radius 2 is 0.905 bits per heavy atom. The second kappa shape index (κ2) is 24.3. The molecule has 5 N–H and O–H groups in total. The minimum Gasteiger partial charge on any atom is -0.480 e. The highest BCUT2D eigenvalue weighted by Gasteiger charge is 2.38. The van der Waals surface area contributed by atoms with Gasteiger partial charge in [0, 0.05) is 18.4 Å². The summed E-state index contributed by atoms with van der Waals surface area (Å²) in [5.41, 5.74) is 9.04. The number of esters is 1. The number of benzene rings is 4. The van der Waals surface area contributed by atoms with E-state index in [-0.39, 0.29) is 31.7 Å². The molecular formula is C44H46Cl3F3N2O11. The first-order valence-corrected chi connectivity index (χ1v) is 20.5. The van der Waals surface area contributed by atoms with Gasteiger partial charge in [-0.1, -0.05) is 146 Å². The number of alkyl halides is 6. The van der Waals surface area contributed by atoms with Crippen molar-refractivity contribution in [3.05, 3.63) is 119 Å². The standard InChI is InChI=1S/C21H20Cl3NO4.C19H19NO4.C2HF3O2.C2H6O/c1-2-18(19(26)29-12-21(22,23)24)25-20(27)28-11-17-15-9-5-3-7-13(15)14-8-4-6-10-16(14)17;1-2-17(18(21)22)20-19(23)24-11-16-14-9-5-3-7-12(14)13-8-4-6-10-15(13)16;3-2(4,5)1(6)7;1-2-3/h3-10,17-18H,2,11-12H2,1H3,(H,25,27);3-10,16-17H,2,11H2,1H3,(H,20,23)(H,21,22);(H,6,7);3H,2H2,1H3/t18-;17-;;/m00../s1. The van der Waals surface area contributed by atoms with Crippen molar-refractivity contribution in [3.8, 4) is 22.3 Å². The molecule has 2 aliphatic rings. The lowest BCUT2D eigenvalue weighted by Crippen LogP contribution is -2.42. The number of hydrogen-bond acceptors (Lipinski definition) is 9. The molecule has 340 valence electrons. The Hall–Kier alpha value is -5.55. The van der Waals surface area contributed by atoms with E-state index < -0.39 is 58.8 Å². The number of alkyl carbamates (subject to hydrolysis) is 2. The molecule has 4 aromatic rings. The Morgan fingerprint density at radius 3 is 1.17 bits per heavy atom. The van der Waals surface area contributed by atoms with Crippen LogP contribution in [0, 0.1) is 0 Å². The third kappa shape index (κ3) is 15.3. The molecule has 0 spiro atoms. The molecule has 0 aliphatic heterocycles.